The Balaban J connectivity index is 2.04. The Bertz CT molecular complexity index is 797. The van der Waals surface area contributed by atoms with Gasteiger partial charge in [0.15, 0.2) is 0 Å². The lowest BCUT2D eigenvalue weighted by Gasteiger charge is -2.10. The van der Waals surface area contributed by atoms with Gasteiger partial charge in [-0.05, 0) is 48.2 Å². The van der Waals surface area contributed by atoms with Crippen molar-refractivity contribution in [3.63, 3.8) is 0 Å². The van der Waals surface area contributed by atoms with Gasteiger partial charge in [-0.25, -0.2) is 0 Å². The molecule has 1 N–H and O–H groups in total. The molecule has 0 atom stereocenters. The highest BCUT2D eigenvalue weighted by molar-refractivity contribution is 8.00. The molecule has 0 aliphatic carbocycles. The van der Waals surface area contributed by atoms with Crippen molar-refractivity contribution >= 4 is 34.9 Å². The molecule has 0 unspecified atom stereocenters. The molecule has 0 bridgehead atoms. The fourth-order valence-corrected chi connectivity index (χ4v) is 2.63. The summed E-state index contributed by atoms with van der Waals surface area (Å²) in [5.74, 6) is -0.682. The van der Waals surface area contributed by atoms with Gasteiger partial charge in [0.25, 0.3) is 5.91 Å². The first kappa shape index (κ1) is 20.2. The molecule has 0 heterocycles. The standard InChI is InChI=1S/C16H9F6NOS2/c17-15(18,19)11-5-1-10(2-6-11)14(25)23-13(24)9-3-7-12(8-4-9)26-16(20,21)22/h1-8H,(H,23,24,25). The number of hydrogen-bond acceptors (Lipinski definition) is 3. The summed E-state index contributed by atoms with van der Waals surface area (Å²) < 4.78 is 74.3. The number of amides is 1. The van der Waals surface area contributed by atoms with E-state index in [0.717, 1.165) is 36.4 Å². The monoisotopic (exact) mass is 409 g/mol. The number of thioether (sulfide) groups is 1. The van der Waals surface area contributed by atoms with Gasteiger partial charge in [0.1, 0.15) is 4.99 Å². The molecule has 0 aliphatic rings. The summed E-state index contributed by atoms with van der Waals surface area (Å²) in [7, 11) is 0. The zero-order valence-corrected chi connectivity index (χ0v) is 14.2. The zero-order valence-electron chi connectivity index (χ0n) is 12.6. The highest BCUT2D eigenvalue weighted by Gasteiger charge is 2.30. The minimum Gasteiger partial charge on any atom is -0.312 e. The molecule has 26 heavy (non-hydrogen) atoms. The van der Waals surface area contributed by atoms with Gasteiger partial charge in [0.05, 0.1) is 5.56 Å². The third kappa shape index (κ3) is 5.73. The third-order valence-corrected chi connectivity index (χ3v) is 4.13. The topological polar surface area (TPSA) is 29.1 Å². The summed E-state index contributed by atoms with van der Waals surface area (Å²) in [6.07, 6.45) is -4.49. The van der Waals surface area contributed by atoms with Crippen LogP contribution in [0.25, 0.3) is 0 Å². The van der Waals surface area contributed by atoms with E-state index < -0.39 is 23.2 Å². The minimum absolute atomic E-state index is 0.0609. The summed E-state index contributed by atoms with van der Waals surface area (Å²) in [6.45, 7) is 0. The number of rotatable bonds is 3. The van der Waals surface area contributed by atoms with E-state index in [0.29, 0.717) is 0 Å². The normalized spacial score (nSPS) is 11.9. The average Bonchev–Trinajstić information content (AvgIpc) is 2.53. The second-order valence-electron chi connectivity index (χ2n) is 4.93. The second kappa shape index (κ2) is 7.67. The van der Waals surface area contributed by atoms with Crippen molar-refractivity contribution < 1.29 is 31.1 Å². The summed E-state index contributed by atoms with van der Waals surface area (Å²) in [5.41, 5.74) is -5.03. The van der Waals surface area contributed by atoms with E-state index in [1.807, 2.05) is 0 Å². The van der Waals surface area contributed by atoms with Crippen LogP contribution in [0.3, 0.4) is 0 Å². The Morgan fingerprint density at radius 3 is 1.81 bits per heavy atom. The second-order valence-corrected chi connectivity index (χ2v) is 6.48. The number of halogens is 6. The van der Waals surface area contributed by atoms with Crippen LogP contribution < -0.4 is 5.32 Å². The van der Waals surface area contributed by atoms with Gasteiger partial charge in [-0.2, -0.15) is 26.3 Å². The summed E-state index contributed by atoms with van der Waals surface area (Å²) in [5, 5.41) is 2.32. The SMILES string of the molecule is O=C(NC(=S)c1ccc(C(F)(F)F)cc1)c1ccc(SC(F)(F)F)cc1. The molecule has 2 aromatic rings. The Morgan fingerprint density at radius 1 is 0.846 bits per heavy atom. The fourth-order valence-electron chi connectivity index (χ4n) is 1.87. The molecule has 0 radical (unpaired) electrons. The number of benzene rings is 2. The Hall–Kier alpha value is -2.07. The molecule has 0 aliphatic heterocycles. The maximum absolute atomic E-state index is 12.5. The van der Waals surface area contributed by atoms with E-state index in [1.54, 1.807) is 0 Å². The highest BCUT2D eigenvalue weighted by Crippen LogP contribution is 2.36. The Morgan fingerprint density at radius 2 is 1.35 bits per heavy atom. The highest BCUT2D eigenvalue weighted by atomic mass is 32.2. The van der Waals surface area contributed by atoms with Crippen LogP contribution in [0.4, 0.5) is 26.3 Å². The smallest absolute Gasteiger partial charge is 0.312 e. The van der Waals surface area contributed by atoms with Gasteiger partial charge in [0.2, 0.25) is 0 Å². The Kier molecular flexibility index (Phi) is 5.97. The van der Waals surface area contributed by atoms with E-state index in [4.69, 9.17) is 12.2 Å². The lowest BCUT2D eigenvalue weighted by atomic mass is 10.1. The van der Waals surface area contributed by atoms with Crippen LogP contribution in [0.1, 0.15) is 21.5 Å². The van der Waals surface area contributed by atoms with Crippen molar-refractivity contribution in [1.82, 2.24) is 5.32 Å². The van der Waals surface area contributed by atoms with E-state index in [-0.39, 0.29) is 32.8 Å². The fraction of sp³-hybridized carbons (Fsp3) is 0.125. The largest absolute Gasteiger partial charge is 0.446 e. The van der Waals surface area contributed by atoms with Crippen LogP contribution in [-0.2, 0) is 6.18 Å². The lowest BCUT2D eigenvalue weighted by molar-refractivity contribution is -0.137. The first-order chi connectivity index (χ1) is 12.0. The zero-order chi connectivity index (χ0) is 19.5. The van der Waals surface area contributed by atoms with Gasteiger partial charge in [-0.15, -0.1) is 0 Å². The number of thiocarbonyl (C=S) groups is 1. The molecule has 0 fully saturated rings. The summed E-state index contributed by atoms with van der Waals surface area (Å²) in [4.78, 5) is 11.9. The van der Waals surface area contributed by atoms with Crippen molar-refractivity contribution in [2.24, 2.45) is 0 Å². The molecular weight excluding hydrogens is 400 g/mol. The summed E-state index contributed by atoms with van der Waals surface area (Å²) in [6, 6.07) is 8.55. The molecule has 2 rings (SSSR count). The molecule has 0 saturated heterocycles. The molecular formula is C16H9F6NOS2. The maximum Gasteiger partial charge on any atom is 0.446 e. The number of hydrogen-bond donors (Lipinski definition) is 1. The predicted octanol–water partition coefficient (Wildman–Crippen LogP) is 5.42. The van der Waals surface area contributed by atoms with Crippen molar-refractivity contribution in [2.45, 2.75) is 16.6 Å². The average molecular weight is 409 g/mol. The van der Waals surface area contributed by atoms with Gasteiger partial charge in [0, 0.05) is 16.0 Å². The molecule has 138 valence electrons. The van der Waals surface area contributed by atoms with Gasteiger partial charge in [-0.3, -0.25) is 4.79 Å². The first-order valence-corrected chi connectivity index (χ1v) is 8.07. The van der Waals surface area contributed by atoms with Crippen molar-refractivity contribution in [3.05, 3.63) is 65.2 Å². The number of carbonyl (C=O) groups excluding carboxylic acids is 1. The van der Waals surface area contributed by atoms with Crippen LogP contribution in [0.5, 0.6) is 0 Å². The number of alkyl halides is 6. The van der Waals surface area contributed by atoms with E-state index in [1.165, 1.54) is 12.1 Å². The van der Waals surface area contributed by atoms with Crippen LogP contribution >= 0.6 is 24.0 Å². The minimum atomic E-state index is -4.49. The van der Waals surface area contributed by atoms with Crippen molar-refractivity contribution in [3.8, 4) is 0 Å². The molecule has 10 heteroatoms. The molecule has 2 nitrogen and oxygen atoms in total. The lowest BCUT2D eigenvalue weighted by Crippen LogP contribution is -2.29. The van der Waals surface area contributed by atoms with E-state index in [9.17, 15) is 31.1 Å². The first-order valence-electron chi connectivity index (χ1n) is 6.84. The van der Waals surface area contributed by atoms with Crippen LogP contribution in [-0.4, -0.2) is 16.4 Å². The molecule has 2 aromatic carbocycles. The molecule has 0 spiro atoms. The van der Waals surface area contributed by atoms with E-state index in [2.05, 4.69) is 5.32 Å². The van der Waals surface area contributed by atoms with Crippen LogP contribution in [0.15, 0.2) is 53.4 Å². The van der Waals surface area contributed by atoms with Crippen LogP contribution in [0.2, 0.25) is 0 Å². The number of nitrogens with one attached hydrogen (secondary N) is 1. The van der Waals surface area contributed by atoms with Gasteiger partial charge >= 0.3 is 11.7 Å². The van der Waals surface area contributed by atoms with Crippen molar-refractivity contribution in [1.29, 1.82) is 0 Å². The van der Waals surface area contributed by atoms with Gasteiger partial charge < -0.3 is 5.32 Å². The quantitative estimate of drug-likeness (QED) is 0.417. The predicted molar refractivity (Wildman–Crippen MR) is 89.0 cm³/mol. The van der Waals surface area contributed by atoms with E-state index >= 15 is 0 Å². The summed E-state index contributed by atoms with van der Waals surface area (Å²) >= 11 is 4.65. The molecule has 1 amide bonds. The molecule has 0 aromatic heterocycles. The van der Waals surface area contributed by atoms with Crippen molar-refractivity contribution in [2.75, 3.05) is 0 Å². The van der Waals surface area contributed by atoms with Gasteiger partial charge in [-0.1, -0.05) is 24.4 Å². The number of carbonyl (C=O) groups is 1. The maximum atomic E-state index is 12.5. The Labute approximate surface area is 153 Å². The molecule has 0 saturated carbocycles. The third-order valence-electron chi connectivity index (χ3n) is 3.05. The van der Waals surface area contributed by atoms with Crippen LogP contribution in [0, 0.1) is 0 Å².